The number of aromatic nitrogens is 1. The Hall–Kier alpha value is -1.51. The van der Waals surface area contributed by atoms with E-state index >= 15 is 0 Å². The number of nitrogens with two attached hydrogens (primary N) is 1. The van der Waals surface area contributed by atoms with Gasteiger partial charge in [-0.05, 0) is 18.2 Å². The third-order valence-electron chi connectivity index (χ3n) is 1.43. The predicted molar refractivity (Wildman–Crippen MR) is 41.8 cm³/mol. The highest BCUT2D eigenvalue weighted by Crippen LogP contribution is 2.17. The molecule has 3 nitrogen and oxygen atoms in total. The quantitative estimate of drug-likeness (QED) is 0.572. The minimum atomic E-state index is 0.172. The van der Waals surface area contributed by atoms with Crippen molar-refractivity contribution in [2.24, 2.45) is 0 Å². The van der Waals surface area contributed by atoms with Crippen LogP contribution in [-0.2, 0) is 0 Å². The maximum Gasteiger partial charge on any atom is 0.200 e. The van der Waals surface area contributed by atoms with Gasteiger partial charge in [0.1, 0.15) is 5.52 Å². The highest BCUT2D eigenvalue weighted by Gasteiger charge is 2.00. The number of nitrogens with zero attached hydrogens (tertiary/aromatic N) is 1. The van der Waals surface area contributed by atoms with Gasteiger partial charge >= 0.3 is 0 Å². The molecule has 1 aromatic carbocycles. The SMILES string of the molecule is [CH]c1nc2cc(N)ccc2o1. The average molecular weight is 146 g/mol. The van der Waals surface area contributed by atoms with Crippen LogP contribution in [0.5, 0.6) is 0 Å². The van der Waals surface area contributed by atoms with E-state index in [1.807, 2.05) is 0 Å². The maximum absolute atomic E-state index is 5.51. The molecule has 2 aromatic rings. The Morgan fingerprint density at radius 3 is 3.09 bits per heavy atom. The summed E-state index contributed by atoms with van der Waals surface area (Å²) in [7, 11) is 0. The summed E-state index contributed by atoms with van der Waals surface area (Å²) in [5, 5.41) is 0. The summed E-state index contributed by atoms with van der Waals surface area (Å²) < 4.78 is 5.03. The molecule has 0 saturated carbocycles. The van der Waals surface area contributed by atoms with Crippen LogP contribution in [0.2, 0.25) is 0 Å². The number of fused-ring (bicyclic) bond motifs is 1. The summed E-state index contributed by atoms with van der Waals surface area (Å²) in [6, 6.07) is 5.20. The van der Waals surface area contributed by atoms with Crippen LogP contribution in [0.1, 0.15) is 5.89 Å². The molecule has 0 spiro atoms. The smallest absolute Gasteiger partial charge is 0.200 e. The molecule has 0 aliphatic heterocycles. The molecule has 0 aliphatic carbocycles. The molecule has 2 radical (unpaired) electrons. The lowest BCUT2D eigenvalue weighted by molar-refractivity contribution is 0.579. The minimum Gasteiger partial charge on any atom is -0.440 e. The van der Waals surface area contributed by atoms with Crippen LogP contribution in [0.15, 0.2) is 22.6 Å². The lowest BCUT2D eigenvalue weighted by atomic mass is 10.3. The summed E-state index contributed by atoms with van der Waals surface area (Å²) in [5.41, 5.74) is 7.53. The van der Waals surface area contributed by atoms with Crippen LogP contribution >= 0.6 is 0 Å². The summed E-state index contributed by atoms with van der Waals surface area (Å²) in [6.45, 7) is 5.32. The number of benzene rings is 1. The zero-order chi connectivity index (χ0) is 7.84. The summed E-state index contributed by atoms with van der Waals surface area (Å²) in [5.74, 6) is 0.172. The van der Waals surface area contributed by atoms with Crippen molar-refractivity contribution in [1.29, 1.82) is 0 Å². The van der Waals surface area contributed by atoms with Gasteiger partial charge in [-0.2, -0.15) is 0 Å². The first-order valence-electron chi connectivity index (χ1n) is 3.17. The van der Waals surface area contributed by atoms with Crippen molar-refractivity contribution in [3.05, 3.63) is 31.0 Å². The van der Waals surface area contributed by atoms with Crippen molar-refractivity contribution in [2.45, 2.75) is 0 Å². The second kappa shape index (κ2) is 1.99. The van der Waals surface area contributed by atoms with Crippen LogP contribution in [0.4, 0.5) is 5.69 Å². The van der Waals surface area contributed by atoms with Gasteiger partial charge in [0.15, 0.2) is 11.5 Å². The Morgan fingerprint density at radius 2 is 2.27 bits per heavy atom. The van der Waals surface area contributed by atoms with E-state index in [0.717, 1.165) is 0 Å². The molecule has 0 unspecified atom stereocenters. The Kier molecular flexibility index (Phi) is 1.12. The molecule has 0 bridgehead atoms. The summed E-state index contributed by atoms with van der Waals surface area (Å²) >= 11 is 0. The van der Waals surface area contributed by atoms with E-state index in [1.54, 1.807) is 18.2 Å². The van der Waals surface area contributed by atoms with Crippen molar-refractivity contribution in [1.82, 2.24) is 4.98 Å². The number of oxazole rings is 1. The van der Waals surface area contributed by atoms with Gasteiger partial charge in [0.2, 0.25) is 0 Å². The number of rotatable bonds is 0. The van der Waals surface area contributed by atoms with Gasteiger partial charge in [-0.1, -0.05) is 0 Å². The standard InChI is InChI=1S/C8H6N2O/c1-5-10-7-4-6(9)2-3-8(7)11-5/h1-4H,9H2. The zero-order valence-corrected chi connectivity index (χ0v) is 5.74. The van der Waals surface area contributed by atoms with Gasteiger partial charge < -0.3 is 10.2 Å². The molecule has 11 heavy (non-hydrogen) atoms. The zero-order valence-electron chi connectivity index (χ0n) is 5.74. The molecule has 54 valence electrons. The Morgan fingerprint density at radius 1 is 1.45 bits per heavy atom. The third kappa shape index (κ3) is 0.941. The van der Waals surface area contributed by atoms with Gasteiger partial charge in [-0.25, -0.2) is 4.98 Å². The Balaban J connectivity index is 2.82. The molecule has 2 N–H and O–H groups in total. The average Bonchev–Trinajstić information content (AvgIpc) is 2.27. The fourth-order valence-electron chi connectivity index (χ4n) is 0.962. The van der Waals surface area contributed by atoms with E-state index in [1.165, 1.54) is 0 Å². The molecular weight excluding hydrogens is 140 g/mol. The van der Waals surface area contributed by atoms with Crippen LogP contribution in [-0.4, -0.2) is 4.98 Å². The molecule has 0 fully saturated rings. The van der Waals surface area contributed by atoms with Crippen molar-refractivity contribution < 1.29 is 4.42 Å². The van der Waals surface area contributed by atoms with Crippen LogP contribution in [0.3, 0.4) is 0 Å². The Labute approximate surface area is 63.8 Å². The molecule has 3 heteroatoms. The molecule has 1 heterocycles. The second-order valence-corrected chi connectivity index (χ2v) is 2.28. The fraction of sp³-hybridized carbons (Fsp3) is 0. The van der Waals surface area contributed by atoms with Crippen LogP contribution in [0, 0.1) is 6.92 Å². The van der Waals surface area contributed by atoms with E-state index < -0.39 is 0 Å². The monoisotopic (exact) mass is 146 g/mol. The van der Waals surface area contributed by atoms with Crippen molar-refractivity contribution >= 4 is 16.8 Å². The maximum atomic E-state index is 5.51. The van der Waals surface area contributed by atoms with E-state index in [2.05, 4.69) is 4.98 Å². The largest absolute Gasteiger partial charge is 0.440 e. The van der Waals surface area contributed by atoms with Gasteiger partial charge in [-0.15, -0.1) is 0 Å². The molecule has 0 amide bonds. The van der Waals surface area contributed by atoms with Gasteiger partial charge in [0, 0.05) is 5.69 Å². The van der Waals surface area contributed by atoms with Crippen LogP contribution in [0.25, 0.3) is 11.1 Å². The normalized spacial score (nSPS) is 10.6. The number of hydrogen-bond acceptors (Lipinski definition) is 3. The lowest BCUT2D eigenvalue weighted by Gasteiger charge is -1.88. The van der Waals surface area contributed by atoms with Gasteiger partial charge in [-0.3, -0.25) is 0 Å². The van der Waals surface area contributed by atoms with Crippen molar-refractivity contribution in [2.75, 3.05) is 5.73 Å². The van der Waals surface area contributed by atoms with E-state index in [-0.39, 0.29) is 5.89 Å². The third-order valence-corrected chi connectivity index (χ3v) is 1.43. The van der Waals surface area contributed by atoms with E-state index in [4.69, 9.17) is 17.1 Å². The van der Waals surface area contributed by atoms with Gasteiger partial charge in [0.05, 0.1) is 6.92 Å². The van der Waals surface area contributed by atoms with Crippen molar-refractivity contribution in [3.63, 3.8) is 0 Å². The molecule has 0 aliphatic rings. The number of nitrogen functional groups attached to an aromatic ring is 1. The lowest BCUT2D eigenvalue weighted by Crippen LogP contribution is -1.81. The number of anilines is 1. The highest BCUT2D eigenvalue weighted by atomic mass is 16.3. The summed E-state index contributed by atoms with van der Waals surface area (Å²) in [4.78, 5) is 3.91. The fourth-order valence-corrected chi connectivity index (χ4v) is 0.962. The molecule has 0 atom stereocenters. The van der Waals surface area contributed by atoms with Gasteiger partial charge in [0.25, 0.3) is 0 Å². The first kappa shape index (κ1) is 6.22. The first-order chi connectivity index (χ1) is 5.25. The highest BCUT2D eigenvalue weighted by molar-refractivity contribution is 5.76. The first-order valence-corrected chi connectivity index (χ1v) is 3.17. The summed E-state index contributed by atoms with van der Waals surface area (Å²) in [6.07, 6.45) is 0. The topological polar surface area (TPSA) is 52.0 Å². The molecular formula is C8H6N2O. The van der Waals surface area contributed by atoms with Crippen LogP contribution < -0.4 is 5.73 Å². The van der Waals surface area contributed by atoms with E-state index in [0.29, 0.717) is 16.8 Å². The number of hydrogen-bond donors (Lipinski definition) is 1. The second-order valence-electron chi connectivity index (χ2n) is 2.28. The van der Waals surface area contributed by atoms with Crippen molar-refractivity contribution in [3.8, 4) is 0 Å². The Bertz CT molecular complexity index is 392. The molecule has 0 saturated heterocycles. The molecule has 1 aromatic heterocycles. The minimum absolute atomic E-state index is 0.172. The molecule has 2 rings (SSSR count). The predicted octanol–water partition coefficient (Wildman–Crippen LogP) is 1.47. The van der Waals surface area contributed by atoms with E-state index in [9.17, 15) is 0 Å².